The van der Waals surface area contributed by atoms with Crippen molar-refractivity contribution in [2.24, 2.45) is 17.8 Å². The third-order valence-corrected chi connectivity index (χ3v) is 5.89. The Morgan fingerprint density at radius 2 is 2.29 bits per heavy atom. The van der Waals surface area contributed by atoms with Gasteiger partial charge in [-0.1, -0.05) is 6.42 Å². The fourth-order valence-corrected chi connectivity index (χ4v) is 4.96. The number of aryl methyl sites for hydroxylation is 1. The molecule has 2 bridgehead atoms. The van der Waals surface area contributed by atoms with Crippen molar-refractivity contribution in [1.29, 1.82) is 0 Å². The molecule has 0 N–H and O–H groups in total. The molecule has 0 amide bonds. The maximum absolute atomic E-state index is 5.99. The Balaban J connectivity index is 1.75. The molecule has 2 aromatic heterocycles. The molecule has 2 aliphatic rings. The lowest BCUT2D eigenvalue weighted by atomic mass is 9.83. The maximum Gasteiger partial charge on any atom is 0.111 e. The highest BCUT2D eigenvalue weighted by atomic mass is 35.5. The first-order valence-electron chi connectivity index (χ1n) is 8.14. The number of hydrogen-bond acceptors (Lipinski definition) is 2. The van der Waals surface area contributed by atoms with Gasteiger partial charge in [-0.3, -0.25) is 4.98 Å². The fraction of sp³-hybridized carbons (Fsp3) is 0.647. The second-order valence-electron chi connectivity index (χ2n) is 6.78. The summed E-state index contributed by atoms with van der Waals surface area (Å²) in [6, 6.07) is 2.62. The lowest BCUT2D eigenvalue weighted by Gasteiger charge is -2.30. The van der Waals surface area contributed by atoms with Gasteiger partial charge in [-0.05, 0) is 50.0 Å². The van der Waals surface area contributed by atoms with E-state index in [-0.39, 0.29) is 0 Å². The van der Waals surface area contributed by atoms with Crippen molar-refractivity contribution >= 4 is 22.6 Å². The number of aromatic nitrogens is 3. The molecule has 0 aliphatic heterocycles. The third-order valence-electron chi connectivity index (χ3n) is 5.70. The molecule has 2 aliphatic carbocycles. The number of pyridine rings is 1. The van der Waals surface area contributed by atoms with Crippen LogP contribution in [0.2, 0.25) is 0 Å². The highest BCUT2D eigenvalue weighted by molar-refractivity contribution is 6.17. The molecule has 0 saturated heterocycles. The highest BCUT2D eigenvalue weighted by Gasteiger charge is 2.42. The molecule has 2 fully saturated rings. The average molecular weight is 304 g/mol. The Labute approximate surface area is 130 Å². The van der Waals surface area contributed by atoms with Crippen molar-refractivity contribution in [3.05, 3.63) is 24.3 Å². The van der Waals surface area contributed by atoms with E-state index >= 15 is 0 Å². The smallest absolute Gasteiger partial charge is 0.111 e. The van der Waals surface area contributed by atoms with Crippen LogP contribution in [0.4, 0.5) is 0 Å². The molecule has 2 heterocycles. The Morgan fingerprint density at radius 3 is 3.00 bits per heavy atom. The van der Waals surface area contributed by atoms with Crippen LogP contribution in [0.1, 0.15) is 44.5 Å². The molecular formula is C17H22ClN3. The van der Waals surface area contributed by atoms with Crippen molar-refractivity contribution in [3.8, 4) is 0 Å². The minimum Gasteiger partial charge on any atom is -0.325 e. The summed E-state index contributed by atoms with van der Waals surface area (Å²) >= 11 is 5.99. The van der Waals surface area contributed by atoms with E-state index in [1.807, 2.05) is 12.4 Å². The summed E-state index contributed by atoms with van der Waals surface area (Å²) in [5, 5.41) is 0. The van der Waals surface area contributed by atoms with Crippen LogP contribution in [0.5, 0.6) is 0 Å². The van der Waals surface area contributed by atoms with Crippen LogP contribution in [0.3, 0.4) is 0 Å². The molecule has 21 heavy (non-hydrogen) atoms. The van der Waals surface area contributed by atoms with Gasteiger partial charge in [0.15, 0.2) is 0 Å². The Bertz CT molecular complexity index is 651. The first-order chi connectivity index (χ1) is 10.3. The number of nitrogens with zero attached hydrogens (tertiary/aromatic N) is 3. The van der Waals surface area contributed by atoms with Gasteiger partial charge in [0.2, 0.25) is 0 Å². The van der Waals surface area contributed by atoms with Crippen molar-refractivity contribution in [1.82, 2.24) is 14.5 Å². The van der Waals surface area contributed by atoms with E-state index in [4.69, 9.17) is 16.6 Å². The van der Waals surface area contributed by atoms with Gasteiger partial charge in [-0.2, -0.15) is 0 Å². The first-order valence-corrected chi connectivity index (χ1v) is 8.68. The van der Waals surface area contributed by atoms with E-state index in [2.05, 4.69) is 22.5 Å². The zero-order valence-corrected chi connectivity index (χ0v) is 13.3. The second-order valence-corrected chi connectivity index (χ2v) is 7.16. The molecule has 4 heteroatoms. The molecule has 4 unspecified atom stereocenters. The number of rotatable bonds is 4. The van der Waals surface area contributed by atoms with Gasteiger partial charge in [0.25, 0.3) is 0 Å². The summed E-state index contributed by atoms with van der Waals surface area (Å²) in [7, 11) is 0. The van der Waals surface area contributed by atoms with Crippen LogP contribution in [0.15, 0.2) is 18.5 Å². The van der Waals surface area contributed by atoms with Gasteiger partial charge in [0, 0.05) is 24.5 Å². The molecule has 0 aromatic carbocycles. The Morgan fingerprint density at radius 1 is 1.38 bits per heavy atom. The highest BCUT2D eigenvalue weighted by Crippen LogP contribution is 2.52. The summed E-state index contributed by atoms with van der Waals surface area (Å²) in [4.78, 5) is 8.99. The van der Waals surface area contributed by atoms with Crippen LogP contribution >= 0.6 is 11.6 Å². The molecule has 4 atom stereocenters. The lowest BCUT2D eigenvalue weighted by molar-refractivity contribution is 0.243. The summed E-state index contributed by atoms with van der Waals surface area (Å²) in [5.41, 5.74) is 2.23. The number of halogens is 1. The first kappa shape index (κ1) is 13.6. The molecule has 3 nitrogen and oxygen atoms in total. The SMILES string of the molecule is CC(C1CC2CCC1C2)n1c(CCCl)nc2cnccc21. The van der Waals surface area contributed by atoms with E-state index < -0.39 is 0 Å². The van der Waals surface area contributed by atoms with Gasteiger partial charge in [0.05, 0.1) is 11.7 Å². The van der Waals surface area contributed by atoms with Crippen molar-refractivity contribution in [3.63, 3.8) is 0 Å². The minimum atomic E-state index is 0.519. The van der Waals surface area contributed by atoms with Crippen LogP contribution < -0.4 is 0 Å². The standard InChI is InChI=1S/C17H22ClN3/c1-11(14-9-12-2-3-13(14)8-12)21-16-5-7-19-10-15(16)20-17(21)4-6-18/h5,7,10-14H,2-4,6,8-9H2,1H3. The molecule has 112 valence electrons. The van der Waals surface area contributed by atoms with E-state index in [0.29, 0.717) is 11.9 Å². The second kappa shape index (κ2) is 5.28. The largest absolute Gasteiger partial charge is 0.325 e. The van der Waals surface area contributed by atoms with Crippen LogP contribution in [0.25, 0.3) is 11.0 Å². The maximum atomic E-state index is 5.99. The number of alkyl halides is 1. The zero-order valence-electron chi connectivity index (χ0n) is 12.5. The summed E-state index contributed by atoms with van der Waals surface area (Å²) in [6.07, 6.45) is 10.3. The predicted octanol–water partition coefficient (Wildman–Crippen LogP) is 4.21. The minimum absolute atomic E-state index is 0.519. The third kappa shape index (κ3) is 2.17. The quantitative estimate of drug-likeness (QED) is 0.792. The van der Waals surface area contributed by atoms with Crippen molar-refractivity contribution in [2.75, 3.05) is 5.88 Å². The van der Waals surface area contributed by atoms with Crippen LogP contribution in [-0.2, 0) is 6.42 Å². The van der Waals surface area contributed by atoms with Crippen molar-refractivity contribution in [2.45, 2.75) is 45.1 Å². The van der Waals surface area contributed by atoms with E-state index in [1.165, 1.54) is 31.2 Å². The number of hydrogen-bond donors (Lipinski definition) is 0. The van der Waals surface area contributed by atoms with Gasteiger partial charge in [-0.25, -0.2) is 4.98 Å². The molecule has 2 saturated carbocycles. The topological polar surface area (TPSA) is 30.7 Å². The normalized spacial score (nSPS) is 29.3. The summed E-state index contributed by atoms with van der Waals surface area (Å²) in [6.45, 7) is 2.38. The molecule has 0 radical (unpaired) electrons. The fourth-order valence-electron chi connectivity index (χ4n) is 4.79. The van der Waals surface area contributed by atoms with E-state index in [0.717, 1.165) is 35.5 Å². The summed E-state index contributed by atoms with van der Waals surface area (Å²) in [5.74, 6) is 4.47. The molecule has 2 aromatic rings. The zero-order chi connectivity index (χ0) is 14.4. The summed E-state index contributed by atoms with van der Waals surface area (Å²) < 4.78 is 2.45. The molecule has 4 rings (SSSR count). The van der Waals surface area contributed by atoms with Crippen LogP contribution in [-0.4, -0.2) is 20.4 Å². The van der Waals surface area contributed by atoms with Gasteiger partial charge in [-0.15, -0.1) is 11.6 Å². The van der Waals surface area contributed by atoms with Gasteiger partial charge < -0.3 is 4.57 Å². The average Bonchev–Trinajstić information content (AvgIpc) is 3.20. The number of imidazole rings is 1. The van der Waals surface area contributed by atoms with E-state index in [1.54, 1.807) is 0 Å². The number of fused-ring (bicyclic) bond motifs is 3. The van der Waals surface area contributed by atoms with Gasteiger partial charge >= 0.3 is 0 Å². The lowest BCUT2D eigenvalue weighted by Crippen LogP contribution is -2.23. The molecular weight excluding hydrogens is 282 g/mol. The Kier molecular flexibility index (Phi) is 3.41. The van der Waals surface area contributed by atoms with E-state index in [9.17, 15) is 0 Å². The Hall–Kier alpha value is -1.09. The monoisotopic (exact) mass is 303 g/mol. The van der Waals surface area contributed by atoms with Crippen molar-refractivity contribution < 1.29 is 0 Å². The van der Waals surface area contributed by atoms with Gasteiger partial charge in [0.1, 0.15) is 11.3 Å². The van der Waals surface area contributed by atoms with Crippen LogP contribution in [0, 0.1) is 17.8 Å². The molecule has 0 spiro atoms. The predicted molar refractivity (Wildman–Crippen MR) is 85.6 cm³/mol.